The molecule has 0 atom stereocenters. The van der Waals surface area contributed by atoms with Gasteiger partial charge in [0.25, 0.3) is 0 Å². The predicted molar refractivity (Wildman–Crippen MR) is 125 cm³/mol. The van der Waals surface area contributed by atoms with Gasteiger partial charge in [-0.1, -0.05) is 77.9 Å². The number of nitrogens with zero attached hydrogens (tertiary/aromatic N) is 1. The normalized spacial score (nSPS) is 10.6. The van der Waals surface area contributed by atoms with Gasteiger partial charge < -0.3 is 4.90 Å². The molecule has 0 unspecified atom stereocenters. The highest BCUT2D eigenvalue weighted by molar-refractivity contribution is 6.83. The van der Waals surface area contributed by atoms with E-state index < -0.39 is 8.07 Å². The van der Waals surface area contributed by atoms with Crippen LogP contribution in [0.2, 0.25) is 19.6 Å². The summed E-state index contributed by atoms with van der Waals surface area (Å²) in [6.07, 6.45) is 10.5. The van der Waals surface area contributed by atoms with Crippen molar-refractivity contribution < 1.29 is 0 Å². The Kier molecular flexibility index (Phi) is 11.7. The van der Waals surface area contributed by atoms with Gasteiger partial charge in [0, 0.05) is 24.3 Å². The molecule has 1 aromatic rings. The lowest BCUT2D eigenvalue weighted by molar-refractivity contribution is 0.609. The minimum Gasteiger partial charge on any atom is -0.372 e. The van der Waals surface area contributed by atoms with E-state index in [-0.39, 0.29) is 0 Å². The summed E-state index contributed by atoms with van der Waals surface area (Å²) in [4.78, 5) is 2.56. The topological polar surface area (TPSA) is 3.24 Å². The van der Waals surface area contributed by atoms with Crippen molar-refractivity contribution in [2.45, 2.75) is 84.9 Å². The maximum atomic E-state index is 3.30. The molecule has 0 aromatic heterocycles. The summed E-state index contributed by atoms with van der Waals surface area (Å²) >= 11 is 0. The number of benzene rings is 1. The van der Waals surface area contributed by atoms with Crippen molar-refractivity contribution in [1.29, 1.82) is 0 Å². The zero-order valence-electron chi connectivity index (χ0n) is 18.3. The first-order chi connectivity index (χ1) is 13.0. The van der Waals surface area contributed by atoms with Gasteiger partial charge in [-0.2, -0.15) is 0 Å². The van der Waals surface area contributed by atoms with Crippen molar-refractivity contribution in [3.05, 3.63) is 29.8 Å². The fourth-order valence-corrected chi connectivity index (χ4v) is 3.34. The van der Waals surface area contributed by atoms with E-state index in [2.05, 4.69) is 86.0 Å². The second kappa shape index (κ2) is 13.5. The molecule has 0 saturated heterocycles. The summed E-state index contributed by atoms with van der Waals surface area (Å²) in [5, 5.41) is 0. The monoisotopic (exact) mass is 381 g/mol. The first-order valence-corrected chi connectivity index (χ1v) is 14.3. The average Bonchev–Trinajstić information content (AvgIpc) is 2.64. The van der Waals surface area contributed by atoms with Gasteiger partial charge in [0.15, 0.2) is 0 Å². The molecular weight excluding hydrogens is 342 g/mol. The van der Waals surface area contributed by atoms with Crippen LogP contribution in [0, 0.1) is 23.3 Å². The molecule has 0 N–H and O–H groups in total. The summed E-state index contributed by atoms with van der Waals surface area (Å²) < 4.78 is 0. The highest BCUT2D eigenvalue weighted by atomic mass is 28.3. The average molecular weight is 382 g/mol. The fourth-order valence-electron chi connectivity index (χ4n) is 2.91. The first-order valence-electron chi connectivity index (χ1n) is 10.8. The molecule has 0 heterocycles. The highest BCUT2D eigenvalue weighted by Gasteiger charge is 2.07. The molecule has 0 bridgehead atoms. The molecule has 0 aliphatic heterocycles. The molecular formula is C25H39NSi. The number of hydrogen-bond acceptors (Lipinski definition) is 1. The van der Waals surface area contributed by atoms with Crippen LogP contribution in [0.5, 0.6) is 0 Å². The maximum absolute atomic E-state index is 3.30. The van der Waals surface area contributed by atoms with Crippen LogP contribution in [0.4, 0.5) is 5.69 Å². The van der Waals surface area contributed by atoms with Crippen LogP contribution in [-0.2, 0) is 0 Å². The second-order valence-electron chi connectivity index (χ2n) is 8.41. The van der Waals surface area contributed by atoms with Crippen molar-refractivity contribution in [2.24, 2.45) is 0 Å². The van der Waals surface area contributed by atoms with E-state index in [0.717, 1.165) is 5.56 Å². The van der Waals surface area contributed by atoms with Crippen molar-refractivity contribution >= 4 is 13.8 Å². The van der Waals surface area contributed by atoms with Crippen molar-refractivity contribution in [2.75, 3.05) is 18.0 Å². The number of rotatable bonds is 11. The van der Waals surface area contributed by atoms with Crippen LogP contribution in [0.3, 0.4) is 0 Å². The Morgan fingerprint density at radius 2 is 1.30 bits per heavy atom. The molecule has 0 aliphatic carbocycles. The smallest absolute Gasteiger partial charge is 0.130 e. The lowest BCUT2D eigenvalue weighted by atomic mass is 10.1. The van der Waals surface area contributed by atoms with Crippen LogP contribution in [0.15, 0.2) is 24.3 Å². The van der Waals surface area contributed by atoms with Gasteiger partial charge in [-0.3, -0.25) is 0 Å². The Bertz CT molecular complexity index is 619. The molecule has 0 radical (unpaired) electrons. The number of unbranched alkanes of at least 4 members (excludes halogenated alkanes) is 6. The van der Waals surface area contributed by atoms with Gasteiger partial charge in [0.2, 0.25) is 0 Å². The van der Waals surface area contributed by atoms with Gasteiger partial charge in [-0.05, 0) is 48.9 Å². The van der Waals surface area contributed by atoms with E-state index in [1.807, 2.05) is 0 Å². The minimum absolute atomic E-state index is 1.06. The maximum Gasteiger partial charge on any atom is 0.130 e. The molecule has 0 spiro atoms. The van der Waals surface area contributed by atoms with E-state index >= 15 is 0 Å². The summed E-state index contributed by atoms with van der Waals surface area (Å²) in [6, 6.07) is 8.75. The quantitative estimate of drug-likeness (QED) is 0.229. The Morgan fingerprint density at radius 1 is 0.741 bits per heavy atom. The minimum atomic E-state index is -1.33. The van der Waals surface area contributed by atoms with Crippen LogP contribution in [0.1, 0.15) is 70.8 Å². The van der Waals surface area contributed by atoms with Crippen molar-refractivity contribution in [1.82, 2.24) is 0 Å². The van der Waals surface area contributed by atoms with Gasteiger partial charge in [-0.15, -0.1) is 5.54 Å². The molecule has 1 aromatic carbocycles. The molecule has 0 amide bonds. The Balaban J connectivity index is 2.70. The molecule has 1 rings (SSSR count). The van der Waals surface area contributed by atoms with Crippen LogP contribution < -0.4 is 4.90 Å². The third-order valence-corrected chi connectivity index (χ3v) is 5.38. The second-order valence-corrected chi connectivity index (χ2v) is 13.2. The molecule has 0 fully saturated rings. The van der Waals surface area contributed by atoms with Gasteiger partial charge in [-0.25, -0.2) is 0 Å². The molecule has 2 heteroatoms. The van der Waals surface area contributed by atoms with Crippen LogP contribution in [0.25, 0.3) is 0 Å². The molecule has 1 nitrogen and oxygen atoms in total. The fraction of sp³-hybridized carbons (Fsp3) is 0.600. The Hall–Kier alpha value is -1.64. The zero-order valence-corrected chi connectivity index (χ0v) is 19.3. The van der Waals surface area contributed by atoms with Gasteiger partial charge >= 0.3 is 0 Å². The lowest BCUT2D eigenvalue weighted by Gasteiger charge is -2.25. The first kappa shape index (κ1) is 23.4. The van der Waals surface area contributed by atoms with E-state index in [0.29, 0.717) is 0 Å². The Morgan fingerprint density at radius 3 is 1.78 bits per heavy atom. The van der Waals surface area contributed by atoms with Crippen LogP contribution in [-0.4, -0.2) is 21.2 Å². The van der Waals surface area contributed by atoms with Crippen molar-refractivity contribution in [3.8, 4) is 23.3 Å². The largest absolute Gasteiger partial charge is 0.372 e. The van der Waals surface area contributed by atoms with Gasteiger partial charge in [0.05, 0.1) is 0 Å². The molecule has 0 aliphatic rings. The zero-order chi connectivity index (χ0) is 20.0. The third kappa shape index (κ3) is 11.6. The van der Waals surface area contributed by atoms with E-state index in [1.165, 1.54) is 70.1 Å². The van der Waals surface area contributed by atoms with Crippen molar-refractivity contribution in [3.63, 3.8) is 0 Å². The number of anilines is 1. The summed E-state index contributed by atoms with van der Waals surface area (Å²) in [7, 11) is -1.33. The summed E-state index contributed by atoms with van der Waals surface area (Å²) in [5.41, 5.74) is 5.69. The Labute approximate surface area is 170 Å². The summed E-state index contributed by atoms with van der Waals surface area (Å²) in [6.45, 7) is 13.6. The number of hydrogen-bond donors (Lipinski definition) is 0. The standard InChI is InChI=1S/C25H39NSi/c1-6-8-10-13-21-26(22-14-11-9-7-2)25-19-17-24(18-20-25)16-12-15-23-27(3,4)5/h17-20H,6-11,13-14,21-22H2,1-5H3. The van der Waals surface area contributed by atoms with Crippen LogP contribution >= 0.6 is 0 Å². The van der Waals surface area contributed by atoms with E-state index in [9.17, 15) is 0 Å². The summed E-state index contributed by atoms with van der Waals surface area (Å²) in [5.74, 6) is 9.23. The van der Waals surface area contributed by atoms with Gasteiger partial charge in [0.1, 0.15) is 8.07 Å². The SMILES string of the molecule is CCCCCCN(CCCCCC)c1ccc(C#CC#C[Si](C)(C)C)cc1. The molecule has 0 saturated carbocycles. The predicted octanol–water partition coefficient (Wildman–Crippen LogP) is 6.89. The highest BCUT2D eigenvalue weighted by Crippen LogP contribution is 2.18. The molecule has 148 valence electrons. The lowest BCUT2D eigenvalue weighted by Crippen LogP contribution is -2.25. The van der Waals surface area contributed by atoms with E-state index in [4.69, 9.17) is 0 Å². The molecule has 27 heavy (non-hydrogen) atoms. The van der Waals surface area contributed by atoms with E-state index in [1.54, 1.807) is 0 Å². The third-order valence-electron chi connectivity index (χ3n) is 4.50.